The molecule has 2 aliphatic carbocycles. The van der Waals surface area contributed by atoms with Gasteiger partial charge in [-0.15, -0.1) is 0 Å². The summed E-state index contributed by atoms with van der Waals surface area (Å²) in [4.78, 5) is 0. The minimum Gasteiger partial charge on any atom is -0.0622 e. The fraction of sp³-hybridized carbons (Fsp3) is 0. The first kappa shape index (κ1) is 11.2. The molecular weight excluding hydrogens is 240 g/mol. The minimum atomic E-state index is 1.28. The molecule has 2 aromatic carbocycles. The predicted molar refractivity (Wildman–Crippen MR) is 86.0 cm³/mol. The molecule has 0 heterocycles. The lowest BCUT2D eigenvalue weighted by Gasteiger charge is -2.05. The monoisotopic (exact) mass is 254 g/mol. The molecule has 0 saturated carbocycles. The fourth-order valence-corrected chi connectivity index (χ4v) is 2.82. The van der Waals surface area contributed by atoms with E-state index in [2.05, 4.69) is 84.9 Å². The van der Waals surface area contributed by atoms with Gasteiger partial charge in [0, 0.05) is 0 Å². The van der Waals surface area contributed by atoms with E-state index in [0.717, 1.165) is 0 Å². The maximum atomic E-state index is 2.27. The lowest BCUT2D eigenvalue weighted by atomic mass is 9.99. The molecule has 2 aliphatic rings. The van der Waals surface area contributed by atoms with Crippen molar-refractivity contribution in [3.05, 3.63) is 84.9 Å². The quantitative estimate of drug-likeness (QED) is 0.414. The van der Waals surface area contributed by atoms with Gasteiger partial charge in [-0.1, -0.05) is 78.9 Å². The third kappa shape index (κ3) is 1.78. The van der Waals surface area contributed by atoms with Gasteiger partial charge in [0.2, 0.25) is 0 Å². The molecule has 0 heteroatoms. The van der Waals surface area contributed by atoms with Gasteiger partial charge in [0.15, 0.2) is 0 Å². The molecule has 0 spiro atoms. The van der Waals surface area contributed by atoms with E-state index < -0.39 is 0 Å². The highest BCUT2D eigenvalue weighted by Crippen LogP contribution is 2.35. The SMILES string of the molecule is c1ccc2ccc(-c3ccc4ccccc4c3)c-2cc1. The average molecular weight is 254 g/mol. The average Bonchev–Trinajstić information content (AvgIpc) is 2.75. The number of benzene rings is 2. The summed E-state index contributed by atoms with van der Waals surface area (Å²) in [5, 5.41) is 2.58. The Kier molecular flexibility index (Phi) is 2.53. The second-order valence-electron chi connectivity index (χ2n) is 5.09. The summed E-state index contributed by atoms with van der Waals surface area (Å²) in [7, 11) is 0. The number of hydrogen-bond donors (Lipinski definition) is 0. The minimum absolute atomic E-state index is 1.28. The molecule has 0 aromatic heterocycles. The zero-order chi connectivity index (χ0) is 13.4. The molecule has 94 valence electrons. The van der Waals surface area contributed by atoms with E-state index in [0.29, 0.717) is 0 Å². The van der Waals surface area contributed by atoms with Crippen molar-refractivity contribution < 1.29 is 0 Å². The Morgan fingerprint density at radius 3 is 2.05 bits per heavy atom. The lowest BCUT2D eigenvalue weighted by molar-refractivity contribution is 1.70. The normalized spacial score (nSPS) is 11.0. The first-order valence-electron chi connectivity index (χ1n) is 6.89. The molecule has 0 bridgehead atoms. The van der Waals surface area contributed by atoms with Crippen LogP contribution in [0.4, 0.5) is 0 Å². The Hall–Kier alpha value is -2.60. The van der Waals surface area contributed by atoms with Gasteiger partial charge in [-0.25, -0.2) is 0 Å². The number of hydrogen-bond acceptors (Lipinski definition) is 0. The van der Waals surface area contributed by atoms with Crippen LogP contribution >= 0.6 is 0 Å². The zero-order valence-electron chi connectivity index (χ0n) is 11.1. The molecule has 2 aromatic rings. The van der Waals surface area contributed by atoms with Gasteiger partial charge in [-0.3, -0.25) is 0 Å². The molecule has 4 rings (SSSR count). The van der Waals surface area contributed by atoms with Gasteiger partial charge in [-0.2, -0.15) is 0 Å². The van der Waals surface area contributed by atoms with Gasteiger partial charge in [-0.05, 0) is 39.1 Å². The van der Waals surface area contributed by atoms with E-state index >= 15 is 0 Å². The molecule has 0 fully saturated rings. The number of rotatable bonds is 1. The summed E-state index contributed by atoms with van der Waals surface area (Å²) in [6.45, 7) is 0. The topological polar surface area (TPSA) is 0 Å². The molecule has 0 unspecified atom stereocenters. The van der Waals surface area contributed by atoms with E-state index in [1.807, 2.05) is 0 Å². The van der Waals surface area contributed by atoms with Crippen LogP contribution in [0.5, 0.6) is 0 Å². The van der Waals surface area contributed by atoms with Crippen LogP contribution < -0.4 is 0 Å². The van der Waals surface area contributed by atoms with E-state index in [1.54, 1.807) is 0 Å². The largest absolute Gasteiger partial charge is 0.0622 e. The van der Waals surface area contributed by atoms with Crippen LogP contribution in [0.2, 0.25) is 0 Å². The first-order valence-corrected chi connectivity index (χ1v) is 6.89. The second kappa shape index (κ2) is 4.50. The van der Waals surface area contributed by atoms with E-state index in [1.165, 1.54) is 33.0 Å². The Morgan fingerprint density at radius 1 is 0.400 bits per heavy atom. The molecule has 0 N–H and O–H groups in total. The van der Waals surface area contributed by atoms with Crippen LogP contribution in [-0.4, -0.2) is 0 Å². The summed E-state index contributed by atoms with van der Waals surface area (Å²) in [5.41, 5.74) is 5.19. The van der Waals surface area contributed by atoms with Gasteiger partial charge < -0.3 is 0 Å². The summed E-state index contributed by atoms with van der Waals surface area (Å²) in [6, 6.07) is 30.2. The highest BCUT2D eigenvalue weighted by atomic mass is 14.1. The van der Waals surface area contributed by atoms with Crippen molar-refractivity contribution in [1.29, 1.82) is 0 Å². The Balaban J connectivity index is 1.94. The first-order chi connectivity index (χ1) is 9.92. The predicted octanol–water partition coefficient (Wildman–Crippen LogP) is 5.61. The molecule has 0 radical (unpaired) electrons. The van der Waals surface area contributed by atoms with Crippen molar-refractivity contribution in [1.82, 2.24) is 0 Å². The van der Waals surface area contributed by atoms with Crippen LogP contribution in [0.1, 0.15) is 0 Å². The molecule has 0 atom stereocenters. The van der Waals surface area contributed by atoms with Crippen LogP contribution in [0.15, 0.2) is 84.9 Å². The molecule has 0 aliphatic heterocycles. The second-order valence-corrected chi connectivity index (χ2v) is 5.09. The summed E-state index contributed by atoms with van der Waals surface area (Å²) < 4.78 is 0. The van der Waals surface area contributed by atoms with Crippen LogP contribution in [0.25, 0.3) is 33.0 Å². The van der Waals surface area contributed by atoms with Crippen LogP contribution in [-0.2, 0) is 0 Å². The summed E-state index contributed by atoms with van der Waals surface area (Å²) >= 11 is 0. The lowest BCUT2D eigenvalue weighted by Crippen LogP contribution is -1.78. The van der Waals surface area contributed by atoms with Crippen molar-refractivity contribution in [2.45, 2.75) is 0 Å². The Labute approximate surface area is 118 Å². The van der Waals surface area contributed by atoms with E-state index in [4.69, 9.17) is 0 Å². The standard InChI is InChI=1S/C20H14/c1-2-7-16-12-13-20(19(16)9-3-1)18-11-10-15-6-4-5-8-17(15)14-18/h1-14H. The highest BCUT2D eigenvalue weighted by molar-refractivity contribution is 5.92. The van der Waals surface area contributed by atoms with Gasteiger partial charge >= 0.3 is 0 Å². The molecule has 0 saturated heterocycles. The van der Waals surface area contributed by atoms with Crippen molar-refractivity contribution in [2.24, 2.45) is 0 Å². The summed E-state index contributed by atoms with van der Waals surface area (Å²) in [5.74, 6) is 0. The molecule has 20 heavy (non-hydrogen) atoms. The van der Waals surface area contributed by atoms with Gasteiger partial charge in [0.05, 0.1) is 0 Å². The maximum absolute atomic E-state index is 2.27. The van der Waals surface area contributed by atoms with Crippen molar-refractivity contribution >= 4 is 10.8 Å². The maximum Gasteiger partial charge on any atom is -0.0105 e. The third-order valence-corrected chi connectivity index (χ3v) is 3.85. The Morgan fingerprint density at radius 2 is 1.10 bits per heavy atom. The van der Waals surface area contributed by atoms with Crippen LogP contribution in [0, 0.1) is 0 Å². The van der Waals surface area contributed by atoms with E-state index in [9.17, 15) is 0 Å². The fourth-order valence-electron chi connectivity index (χ4n) is 2.82. The molecule has 0 nitrogen and oxygen atoms in total. The number of fused-ring (bicyclic) bond motifs is 2. The third-order valence-electron chi connectivity index (χ3n) is 3.85. The zero-order valence-corrected chi connectivity index (χ0v) is 11.1. The summed E-state index contributed by atoms with van der Waals surface area (Å²) in [6.07, 6.45) is 0. The highest BCUT2D eigenvalue weighted by Gasteiger charge is 2.09. The molecular formula is C20H14. The van der Waals surface area contributed by atoms with Crippen molar-refractivity contribution in [3.8, 4) is 22.3 Å². The van der Waals surface area contributed by atoms with Gasteiger partial charge in [0.1, 0.15) is 0 Å². The van der Waals surface area contributed by atoms with Crippen LogP contribution in [0.3, 0.4) is 0 Å². The van der Waals surface area contributed by atoms with Crippen molar-refractivity contribution in [3.63, 3.8) is 0 Å². The molecule has 0 amide bonds. The van der Waals surface area contributed by atoms with E-state index in [-0.39, 0.29) is 0 Å². The Bertz CT molecular complexity index is 858. The van der Waals surface area contributed by atoms with Crippen molar-refractivity contribution in [2.75, 3.05) is 0 Å². The van der Waals surface area contributed by atoms with Gasteiger partial charge in [0.25, 0.3) is 0 Å². The smallest absolute Gasteiger partial charge is 0.0105 e.